The maximum Gasteiger partial charge on any atom is 0.254 e. The van der Waals surface area contributed by atoms with Crippen molar-refractivity contribution in [3.63, 3.8) is 0 Å². The molecular weight excluding hydrogens is 410 g/mol. The number of likely N-dealkylation sites (tertiary alicyclic amines) is 1. The molecule has 1 N–H and O–H groups in total. The largest absolute Gasteiger partial charge is 0.489 e. The van der Waals surface area contributed by atoms with Gasteiger partial charge in [-0.1, -0.05) is 11.6 Å². The van der Waals surface area contributed by atoms with Crippen molar-refractivity contribution < 1.29 is 14.3 Å². The van der Waals surface area contributed by atoms with Crippen molar-refractivity contribution in [2.45, 2.75) is 18.9 Å². The zero-order chi connectivity index (χ0) is 20.8. The fourth-order valence-corrected chi connectivity index (χ4v) is 4.01. The lowest BCUT2D eigenvalue weighted by Gasteiger charge is -2.32. The molecule has 1 aromatic heterocycles. The van der Waals surface area contributed by atoms with Gasteiger partial charge in [0.2, 0.25) is 0 Å². The second-order valence-electron chi connectivity index (χ2n) is 7.33. The van der Waals surface area contributed by atoms with Gasteiger partial charge in [0.05, 0.1) is 10.6 Å². The van der Waals surface area contributed by atoms with E-state index in [1.54, 1.807) is 18.2 Å². The lowest BCUT2D eigenvalue weighted by atomic mass is 10.1. The molecule has 2 aromatic rings. The first-order valence-corrected chi connectivity index (χ1v) is 11.0. The van der Waals surface area contributed by atoms with Gasteiger partial charge in [-0.2, -0.15) is 11.3 Å². The molecule has 1 saturated heterocycles. The first-order chi connectivity index (χ1) is 13.9. The normalized spacial score (nSPS) is 14.8. The quantitative estimate of drug-likeness (QED) is 0.724. The van der Waals surface area contributed by atoms with Gasteiger partial charge in [-0.05, 0) is 43.7 Å². The van der Waals surface area contributed by atoms with Gasteiger partial charge < -0.3 is 19.9 Å². The monoisotopic (exact) mass is 435 g/mol. The van der Waals surface area contributed by atoms with E-state index in [2.05, 4.69) is 5.32 Å². The molecule has 0 bridgehead atoms. The predicted molar refractivity (Wildman–Crippen MR) is 116 cm³/mol. The van der Waals surface area contributed by atoms with E-state index in [9.17, 15) is 9.59 Å². The Labute approximate surface area is 180 Å². The minimum atomic E-state index is -0.152. The first-order valence-electron chi connectivity index (χ1n) is 9.64. The van der Waals surface area contributed by atoms with Crippen LogP contribution in [0.1, 0.15) is 33.6 Å². The van der Waals surface area contributed by atoms with Crippen LogP contribution in [-0.4, -0.2) is 68.0 Å². The molecule has 156 valence electrons. The van der Waals surface area contributed by atoms with Crippen molar-refractivity contribution in [2.24, 2.45) is 0 Å². The van der Waals surface area contributed by atoms with Crippen LogP contribution in [0.2, 0.25) is 5.02 Å². The van der Waals surface area contributed by atoms with Crippen LogP contribution in [0.15, 0.2) is 35.0 Å². The molecule has 3 rings (SSSR count). The number of thiophene rings is 1. The highest BCUT2D eigenvalue weighted by Gasteiger charge is 2.25. The fraction of sp³-hybridized carbons (Fsp3) is 0.429. The summed E-state index contributed by atoms with van der Waals surface area (Å²) in [5.74, 6) is 0.493. The molecule has 2 heterocycles. The molecule has 0 aliphatic carbocycles. The van der Waals surface area contributed by atoms with E-state index < -0.39 is 0 Å². The standard InChI is InChI=1S/C21H26ClN3O3S/c1-24(2)11-8-23-20(26)15-3-4-19(18(22)13-15)28-17-5-9-25(10-6-17)21(27)16-7-12-29-14-16/h3-4,7,12-14,17H,5-6,8-11H2,1-2H3,(H,23,26). The van der Waals surface area contributed by atoms with Gasteiger partial charge in [-0.15, -0.1) is 0 Å². The van der Waals surface area contributed by atoms with Crippen LogP contribution in [0, 0.1) is 0 Å². The van der Waals surface area contributed by atoms with E-state index in [4.69, 9.17) is 16.3 Å². The van der Waals surface area contributed by atoms with Gasteiger partial charge in [-0.25, -0.2) is 0 Å². The van der Waals surface area contributed by atoms with Crippen molar-refractivity contribution in [1.29, 1.82) is 0 Å². The molecule has 6 nitrogen and oxygen atoms in total. The van der Waals surface area contributed by atoms with Crippen LogP contribution in [0.25, 0.3) is 0 Å². The Morgan fingerprint density at radius 2 is 2.00 bits per heavy atom. The minimum absolute atomic E-state index is 0.00112. The van der Waals surface area contributed by atoms with E-state index >= 15 is 0 Å². The van der Waals surface area contributed by atoms with Gasteiger partial charge >= 0.3 is 0 Å². The average molecular weight is 436 g/mol. The van der Waals surface area contributed by atoms with Crippen LogP contribution < -0.4 is 10.1 Å². The Morgan fingerprint density at radius 1 is 1.24 bits per heavy atom. The van der Waals surface area contributed by atoms with Crippen molar-refractivity contribution in [3.8, 4) is 5.75 Å². The predicted octanol–water partition coefficient (Wildman–Crippen LogP) is 3.38. The summed E-state index contributed by atoms with van der Waals surface area (Å²) in [6, 6.07) is 6.96. The molecule has 0 radical (unpaired) electrons. The van der Waals surface area contributed by atoms with Crippen molar-refractivity contribution in [2.75, 3.05) is 40.3 Å². The van der Waals surface area contributed by atoms with Gasteiger partial charge in [-0.3, -0.25) is 9.59 Å². The number of carbonyl (C=O) groups excluding carboxylic acids is 2. The molecule has 1 aromatic carbocycles. The van der Waals surface area contributed by atoms with Gasteiger partial charge in [0.25, 0.3) is 11.8 Å². The summed E-state index contributed by atoms with van der Waals surface area (Å²) in [5, 5.41) is 7.08. The number of amides is 2. The highest BCUT2D eigenvalue weighted by atomic mass is 35.5. The Morgan fingerprint density at radius 3 is 2.62 bits per heavy atom. The van der Waals surface area contributed by atoms with Gasteiger partial charge in [0.15, 0.2) is 0 Å². The van der Waals surface area contributed by atoms with E-state index in [1.807, 2.05) is 40.7 Å². The molecule has 0 spiro atoms. The van der Waals surface area contributed by atoms with Crippen LogP contribution in [0.4, 0.5) is 0 Å². The third kappa shape index (κ3) is 5.95. The van der Waals surface area contributed by atoms with Crippen molar-refractivity contribution in [3.05, 3.63) is 51.2 Å². The molecular formula is C21H26ClN3O3S. The van der Waals surface area contributed by atoms with Crippen LogP contribution >= 0.6 is 22.9 Å². The molecule has 0 unspecified atom stereocenters. The number of hydrogen-bond acceptors (Lipinski definition) is 5. The average Bonchev–Trinajstić information content (AvgIpc) is 3.24. The maximum atomic E-state index is 12.4. The number of ether oxygens (including phenoxy) is 1. The van der Waals surface area contributed by atoms with Crippen LogP contribution in [0.5, 0.6) is 5.75 Å². The first kappa shape index (κ1) is 21.6. The Hall–Kier alpha value is -2.09. The number of nitrogens with one attached hydrogen (secondary N) is 1. The molecule has 0 atom stereocenters. The summed E-state index contributed by atoms with van der Waals surface area (Å²) in [4.78, 5) is 28.5. The van der Waals surface area contributed by atoms with E-state index in [1.165, 1.54) is 11.3 Å². The highest BCUT2D eigenvalue weighted by Crippen LogP contribution is 2.28. The highest BCUT2D eigenvalue weighted by molar-refractivity contribution is 7.08. The molecule has 8 heteroatoms. The summed E-state index contributed by atoms with van der Waals surface area (Å²) in [7, 11) is 3.91. The number of likely N-dealkylation sites (N-methyl/N-ethyl adjacent to an activating group) is 1. The summed E-state index contributed by atoms with van der Waals surface area (Å²) < 4.78 is 6.05. The van der Waals surface area contributed by atoms with E-state index in [-0.39, 0.29) is 17.9 Å². The molecule has 2 amide bonds. The van der Waals surface area contributed by atoms with E-state index in [0.29, 0.717) is 36.0 Å². The van der Waals surface area contributed by atoms with Crippen LogP contribution in [-0.2, 0) is 0 Å². The third-order valence-electron chi connectivity index (χ3n) is 4.83. The van der Waals surface area contributed by atoms with Gasteiger partial charge in [0.1, 0.15) is 11.9 Å². The maximum absolute atomic E-state index is 12.4. The Bertz CT molecular complexity index is 834. The molecule has 1 aliphatic rings. The van der Waals surface area contributed by atoms with Crippen molar-refractivity contribution >= 4 is 34.8 Å². The van der Waals surface area contributed by atoms with E-state index in [0.717, 1.165) is 24.9 Å². The summed E-state index contributed by atoms with van der Waals surface area (Å²) >= 11 is 7.87. The Kier molecular flexibility index (Phi) is 7.52. The Balaban J connectivity index is 1.51. The van der Waals surface area contributed by atoms with Crippen molar-refractivity contribution in [1.82, 2.24) is 15.1 Å². The second-order valence-corrected chi connectivity index (χ2v) is 8.51. The number of carbonyl (C=O) groups is 2. The SMILES string of the molecule is CN(C)CCNC(=O)c1ccc(OC2CCN(C(=O)c3ccsc3)CC2)c(Cl)c1. The fourth-order valence-electron chi connectivity index (χ4n) is 3.16. The second kappa shape index (κ2) is 10.1. The summed E-state index contributed by atoms with van der Waals surface area (Å²) in [6.45, 7) is 2.66. The number of piperidine rings is 1. The lowest BCUT2D eigenvalue weighted by molar-refractivity contribution is 0.0596. The number of benzene rings is 1. The smallest absolute Gasteiger partial charge is 0.254 e. The molecule has 1 aliphatic heterocycles. The number of halogens is 1. The minimum Gasteiger partial charge on any atom is -0.489 e. The molecule has 0 saturated carbocycles. The van der Waals surface area contributed by atoms with Gasteiger partial charge in [0, 0.05) is 50.0 Å². The summed E-state index contributed by atoms with van der Waals surface area (Å²) in [5.41, 5.74) is 1.26. The lowest BCUT2D eigenvalue weighted by Crippen LogP contribution is -2.41. The van der Waals surface area contributed by atoms with Crippen LogP contribution in [0.3, 0.4) is 0 Å². The molecule has 1 fully saturated rings. The third-order valence-corrected chi connectivity index (χ3v) is 5.81. The summed E-state index contributed by atoms with van der Waals surface area (Å²) in [6.07, 6.45) is 1.50. The molecule has 29 heavy (non-hydrogen) atoms. The number of hydrogen-bond donors (Lipinski definition) is 1. The zero-order valence-corrected chi connectivity index (χ0v) is 18.3. The number of rotatable bonds is 7. The number of nitrogens with zero attached hydrogens (tertiary/aromatic N) is 2. The zero-order valence-electron chi connectivity index (χ0n) is 16.7. The topological polar surface area (TPSA) is 61.9 Å².